The molecule has 2 N–H and O–H groups in total. The summed E-state index contributed by atoms with van der Waals surface area (Å²) in [6.45, 7) is 7.75. The molecule has 0 aliphatic rings. The lowest BCUT2D eigenvalue weighted by Crippen LogP contribution is -2.40. The van der Waals surface area contributed by atoms with Crippen LogP contribution in [0.15, 0.2) is 29.3 Å². The van der Waals surface area contributed by atoms with E-state index >= 15 is 0 Å². The summed E-state index contributed by atoms with van der Waals surface area (Å²) in [6.07, 6.45) is 0. The van der Waals surface area contributed by atoms with Crippen molar-refractivity contribution in [3.05, 3.63) is 34.9 Å². The van der Waals surface area contributed by atoms with Crippen molar-refractivity contribution in [2.75, 3.05) is 6.54 Å². The molecule has 0 fully saturated rings. The predicted octanol–water partition coefficient (Wildman–Crippen LogP) is 3.42. The summed E-state index contributed by atoms with van der Waals surface area (Å²) in [5, 5.41) is 7.24. The van der Waals surface area contributed by atoms with Crippen LogP contribution in [0.5, 0.6) is 0 Å². The van der Waals surface area contributed by atoms with Crippen molar-refractivity contribution in [1.29, 1.82) is 0 Å². The second-order valence-corrected chi connectivity index (χ2v) is 4.56. The van der Waals surface area contributed by atoms with E-state index in [1.54, 1.807) is 0 Å². The maximum absolute atomic E-state index is 5.83. The van der Waals surface area contributed by atoms with Crippen molar-refractivity contribution in [2.45, 2.75) is 33.4 Å². The predicted molar refractivity (Wildman–Crippen MR) is 90.0 cm³/mol. The van der Waals surface area contributed by atoms with Gasteiger partial charge < -0.3 is 10.6 Å². The molecule has 1 rings (SSSR count). The summed E-state index contributed by atoms with van der Waals surface area (Å²) >= 11 is 5.83. The summed E-state index contributed by atoms with van der Waals surface area (Å²) in [5.41, 5.74) is 1.15. The Morgan fingerprint density at radius 3 is 2.39 bits per heavy atom. The quantitative estimate of drug-likeness (QED) is 0.476. The van der Waals surface area contributed by atoms with Gasteiger partial charge in [-0.15, -0.1) is 24.0 Å². The maximum Gasteiger partial charge on any atom is 0.191 e. The van der Waals surface area contributed by atoms with Gasteiger partial charge in [0.25, 0.3) is 0 Å². The van der Waals surface area contributed by atoms with Gasteiger partial charge in [0.15, 0.2) is 5.96 Å². The summed E-state index contributed by atoms with van der Waals surface area (Å²) in [5.74, 6) is 0.845. The summed E-state index contributed by atoms with van der Waals surface area (Å²) in [6, 6.07) is 8.12. The van der Waals surface area contributed by atoms with E-state index in [0.29, 0.717) is 12.6 Å². The maximum atomic E-state index is 5.83. The number of hydrogen-bond donors (Lipinski definition) is 2. The van der Waals surface area contributed by atoms with E-state index in [-0.39, 0.29) is 24.0 Å². The third-order valence-electron chi connectivity index (χ3n) is 2.10. The van der Waals surface area contributed by atoms with Crippen LogP contribution in [0.25, 0.3) is 0 Å². The van der Waals surface area contributed by atoms with E-state index in [2.05, 4.69) is 36.4 Å². The van der Waals surface area contributed by atoms with Crippen molar-refractivity contribution in [1.82, 2.24) is 10.6 Å². The second kappa shape index (κ2) is 9.44. The standard InChI is InChI=1S/C13H20ClN3.HI/c1-4-15-13(17-10(2)3)16-9-11-5-7-12(14)8-6-11;/h5-8,10H,4,9H2,1-3H3,(H2,15,16,17);1H. The number of nitrogens with zero attached hydrogens (tertiary/aromatic N) is 1. The lowest BCUT2D eigenvalue weighted by atomic mass is 10.2. The molecule has 0 aliphatic heterocycles. The fraction of sp³-hybridized carbons (Fsp3) is 0.462. The molecule has 0 saturated carbocycles. The van der Waals surface area contributed by atoms with E-state index < -0.39 is 0 Å². The third kappa shape index (κ3) is 7.06. The van der Waals surface area contributed by atoms with Gasteiger partial charge in [0, 0.05) is 17.6 Å². The van der Waals surface area contributed by atoms with E-state index in [1.165, 1.54) is 0 Å². The minimum atomic E-state index is 0. The van der Waals surface area contributed by atoms with Crippen molar-refractivity contribution >= 4 is 41.5 Å². The van der Waals surface area contributed by atoms with Crippen molar-refractivity contribution in [3.8, 4) is 0 Å². The lowest BCUT2D eigenvalue weighted by molar-refractivity contribution is 0.700. The van der Waals surface area contributed by atoms with Crippen LogP contribution >= 0.6 is 35.6 Å². The zero-order valence-electron chi connectivity index (χ0n) is 11.0. The molecule has 0 saturated heterocycles. The molecule has 0 radical (unpaired) electrons. The van der Waals surface area contributed by atoms with Crippen LogP contribution in [0.3, 0.4) is 0 Å². The van der Waals surface area contributed by atoms with Crippen molar-refractivity contribution < 1.29 is 0 Å². The van der Waals surface area contributed by atoms with Gasteiger partial charge in [-0.25, -0.2) is 4.99 Å². The highest BCUT2D eigenvalue weighted by atomic mass is 127. The summed E-state index contributed by atoms with van der Waals surface area (Å²) < 4.78 is 0. The number of rotatable bonds is 4. The van der Waals surface area contributed by atoms with Gasteiger partial charge in [-0.1, -0.05) is 23.7 Å². The van der Waals surface area contributed by atoms with Crippen LogP contribution in [0, 0.1) is 0 Å². The van der Waals surface area contributed by atoms with E-state index in [9.17, 15) is 0 Å². The molecule has 5 heteroatoms. The van der Waals surface area contributed by atoms with E-state index in [0.717, 1.165) is 23.1 Å². The lowest BCUT2D eigenvalue weighted by Gasteiger charge is -2.13. The molecule has 0 aromatic heterocycles. The summed E-state index contributed by atoms with van der Waals surface area (Å²) in [7, 11) is 0. The molecule has 0 unspecified atom stereocenters. The van der Waals surface area contributed by atoms with Crippen LogP contribution < -0.4 is 10.6 Å². The van der Waals surface area contributed by atoms with Crippen LogP contribution in [0.4, 0.5) is 0 Å². The van der Waals surface area contributed by atoms with E-state index in [4.69, 9.17) is 11.6 Å². The highest BCUT2D eigenvalue weighted by Crippen LogP contribution is 2.10. The monoisotopic (exact) mass is 381 g/mol. The Hall–Kier alpha value is -0.490. The molecule has 0 amide bonds. The zero-order valence-corrected chi connectivity index (χ0v) is 14.1. The Bertz CT molecular complexity index is 363. The van der Waals surface area contributed by atoms with Crippen LogP contribution in [-0.4, -0.2) is 18.5 Å². The molecular weight excluding hydrogens is 361 g/mol. The summed E-state index contributed by atoms with van der Waals surface area (Å²) in [4.78, 5) is 4.50. The number of guanidine groups is 1. The zero-order chi connectivity index (χ0) is 12.7. The van der Waals surface area contributed by atoms with Crippen molar-refractivity contribution in [3.63, 3.8) is 0 Å². The first-order valence-corrected chi connectivity index (χ1v) is 6.29. The number of halogens is 2. The molecule has 1 aromatic carbocycles. The Morgan fingerprint density at radius 1 is 1.28 bits per heavy atom. The smallest absolute Gasteiger partial charge is 0.191 e. The molecule has 18 heavy (non-hydrogen) atoms. The van der Waals surface area contributed by atoms with Gasteiger partial charge in [-0.2, -0.15) is 0 Å². The number of aliphatic imine (C=N–C) groups is 1. The molecule has 1 aromatic rings. The van der Waals surface area contributed by atoms with Gasteiger partial charge in [0.05, 0.1) is 6.54 Å². The first-order chi connectivity index (χ1) is 8.11. The average Bonchev–Trinajstić information content (AvgIpc) is 2.27. The highest BCUT2D eigenvalue weighted by Gasteiger charge is 1.99. The minimum Gasteiger partial charge on any atom is -0.357 e. The first kappa shape index (κ1) is 17.5. The number of benzene rings is 1. The van der Waals surface area contributed by atoms with Gasteiger partial charge in [0.2, 0.25) is 0 Å². The normalized spacial score (nSPS) is 11.1. The fourth-order valence-electron chi connectivity index (χ4n) is 1.35. The Kier molecular flexibility index (Phi) is 9.18. The minimum absolute atomic E-state index is 0. The number of nitrogens with one attached hydrogen (secondary N) is 2. The van der Waals surface area contributed by atoms with Gasteiger partial charge in [0.1, 0.15) is 0 Å². The molecule has 3 nitrogen and oxygen atoms in total. The Morgan fingerprint density at radius 2 is 1.89 bits per heavy atom. The Labute approximate surface area is 131 Å². The fourth-order valence-corrected chi connectivity index (χ4v) is 1.48. The molecule has 102 valence electrons. The van der Waals surface area contributed by atoms with Crippen LogP contribution in [-0.2, 0) is 6.54 Å². The molecule has 0 aliphatic carbocycles. The van der Waals surface area contributed by atoms with Gasteiger partial charge in [-0.3, -0.25) is 0 Å². The molecular formula is C13H21ClIN3. The second-order valence-electron chi connectivity index (χ2n) is 4.12. The molecule has 0 atom stereocenters. The first-order valence-electron chi connectivity index (χ1n) is 5.91. The molecule has 0 spiro atoms. The van der Waals surface area contributed by atoms with Gasteiger partial charge in [-0.05, 0) is 38.5 Å². The van der Waals surface area contributed by atoms with Crippen LogP contribution in [0.1, 0.15) is 26.3 Å². The SMILES string of the molecule is CCNC(=NCc1ccc(Cl)cc1)NC(C)C.I. The van der Waals surface area contributed by atoms with Crippen molar-refractivity contribution in [2.24, 2.45) is 4.99 Å². The molecule has 0 bridgehead atoms. The highest BCUT2D eigenvalue weighted by molar-refractivity contribution is 14.0. The average molecular weight is 382 g/mol. The van der Waals surface area contributed by atoms with E-state index in [1.807, 2.05) is 24.3 Å². The number of hydrogen-bond acceptors (Lipinski definition) is 1. The topological polar surface area (TPSA) is 36.4 Å². The largest absolute Gasteiger partial charge is 0.357 e. The van der Waals surface area contributed by atoms with Gasteiger partial charge >= 0.3 is 0 Å². The van der Waals surface area contributed by atoms with Crippen LogP contribution in [0.2, 0.25) is 5.02 Å². The Balaban J connectivity index is 0.00000289. The molecule has 0 heterocycles. The third-order valence-corrected chi connectivity index (χ3v) is 2.35.